The van der Waals surface area contributed by atoms with Gasteiger partial charge in [0.25, 0.3) is 5.91 Å². The van der Waals surface area contributed by atoms with E-state index in [0.717, 1.165) is 24.5 Å². The number of aliphatic hydroxyl groups excluding tert-OH is 1. The van der Waals surface area contributed by atoms with Crippen molar-refractivity contribution in [3.8, 4) is 0 Å². The summed E-state index contributed by atoms with van der Waals surface area (Å²) in [7, 11) is 0. The molecule has 1 saturated heterocycles. The number of aliphatic hydroxyl groups is 1. The highest BCUT2D eigenvalue weighted by Crippen LogP contribution is 2.28. The van der Waals surface area contributed by atoms with Crippen molar-refractivity contribution < 1.29 is 19.8 Å². The van der Waals surface area contributed by atoms with E-state index in [-0.39, 0.29) is 18.4 Å². The van der Waals surface area contributed by atoms with Crippen LogP contribution in [0.1, 0.15) is 28.8 Å². The summed E-state index contributed by atoms with van der Waals surface area (Å²) >= 11 is 0. The molecule has 136 valence electrons. The van der Waals surface area contributed by atoms with E-state index in [1.807, 2.05) is 24.3 Å². The molecule has 26 heavy (non-hydrogen) atoms. The molecule has 2 aromatic rings. The number of para-hydroxylation sites is 2. The maximum Gasteiger partial charge on any atom is 0.307 e. The third kappa shape index (κ3) is 4.40. The van der Waals surface area contributed by atoms with Gasteiger partial charge in [-0.1, -0.05) is 24.3 Å². The lowest BCUT2D eigenvalue weighted by Crippen LogP contribution is -2.36. The van der Waals surface area contributed by atoms with E-state index in [2.05, 4.69) is 10.2 Å². The van der Waals surface area contributed by atoms with Crippen LogP contribution in [-0.2, 0) is 11.2 Å². The van der Waals surface area contributed by atoms with Gasteiger partial charge in [0.15, 0.2) is 0 Å². The molecule has 6 nitrogen and oxygen atoms in total. The van der Waals surface area contributed by atoms with Crippen LogP contribution in [0.5, 0.6) is 0 Å². The molecule has 0 atom stereocenters. The van der Waals surface area contributed by atoms with Crippen LogP contribution in [0.25, 0.3) is 0 Å². The number of aliphatic carboxylic acids is 1. The second kappa shape index (κ2) is 8.01. The van der Waals surface area contributed by atoms with Crippen LogP contribution in [-0.4, -0.2) is 41.3 Å². The Hall–Kier alpha value is -2.86. The van der Waals surface area contributed by atoms with Gasteiger partial charge in [0.1, 0.15) is 0 Å². The summed E-state index contributed by atoms with van der Waals surface area (Å²) in [6.07, 6.45) is 1.11. The highest BCUT2D eigenvalue weighted by Gasteiger charge is 2.20. The van der Waals surface area contributed by atoms with E-state index in [1.165, 1.54) is 0 Å². The molecule has 3 N–H and O–H groups in total. The molecule has 1 heterocycles. The Labute approximate surface area is 152 Å². The Morgan fingerprint density at radius 3 is 2.35 bits per heavy atom. The number of carboxylic acids is 1. The fraction of sp³-hybridized carbons (Fsp3) is 0.300. The number of amides is 1. The van der Waals surface area contributed by atoms with Crippen LogP contribution in [0.15, 0.2) is 48.5 Å². The minimum atomic E-state index is -0.900. The van der Waals surface area contributed by atoms with Crippen molar-refractivity contribution in [2.45, 2.75) is 25.4 Å². The zero-order valence-electron chi connectivity index (χ0n) is 14.4. The van der Waals surface area contributed by atoms with E-state index >= 15 is 0 Å². The molecule has 2 aromatic carbocycles. The summed E-state index contributed by atoms with van der Waals surface area (Å²) in [6, 6.07) is 14.2. The zero-order valence-corrected chi connectivity index (χ0v) is 14.4. The molecule has 0 unspecified atom stereocenters. The lowest BCUT2D eigenvalue weighted by molar-refractivity contribution is -0.136. The van der Waals surface area contributed by atoms with Crippen LogP contribution in [0.4, 0.5) is 11.4 Å². The third-order valence-electron chi connectivity index (χ3n) is 4.53. The van der Waals surface area contributed by atoms with Gasteiger partial charge >= 0.3 is 5.97 Å². The second-order valence-corrected chi connectivity index (χ2v) is 6.46. The molecule has 0 radical (unpaired) electrons. The van der Waals surface area contributed by atoms with Gasteiger partial charge in [-0.3, -0.25) is 9.59 Å². The summed E-state index contributed by atoms with van der Waals surface area (Å²) in [5, 5.41) is 21.4. The number of carboxylic acid groups (broad SMARTS) is 1. The Kier molecular flexibility index (Phi) is 5.53. The minimum Gasteiger partial charge on any atom is -0.481 e. The summed E-state index contributed by atoms with van der Waals surface area (Å²) < 4.78 is 0. The minimum absolute atomic E-state index is 0.0639. The number of nitrogens with zero attached hydrogens (tertiary/aromatic N) is 1. The smallest absolute Gasteiger partial charge is 0.307 e. The Bertz CT molecular complexity index is 781. The predicted octanol–water partition coefficient (Wildman–Crippen LogP) is 2.53. The molecular formula is C20H22N2O4. The number of anilines is 2. The molecule has 1 aliphatic heterocycles. The number of piperidine rings is 1. The van der Waals surface area contributed by atoms with Crippen molar-refractivity contribution >= 4 is 23.3 Å². The molecule has 0 aliphatic carbocycles. The van der Waals surface area contributed by atoms with Crippen molar-refractivity contribution in [1.82, 2.24) is 0 Å². The SMILES string of the molecule is O=C(O)Cc1ccc(C(=O)Nc2ccccc2N2CCC(O)CC2)cc1. The van der Waals surface area contributed by atoms with Gasteiger partial charge in [-0.05, 0) is 42.7 Å². The van der Waals surface area contributed by atoms with Crippen molar-refractivity contribution in [2.24, 2.45) is 0 Å². The van der Waals surface area contributed by atoms with E-state index in [9.17, 15) is 14.7 Å². The fourth-order valence-electron chi connectivity index (χ4n) is 3.10. The first-order valence-corrected chi connectivity index (χ1v) is 8.67. The van der Waals surface area contributed by atoms with Crippen LogP contribution in [0.3, 0.4) is 0 Å². The largest absolute Gasteiger partial charge is 0.481 e. The first kappa shape index (κ1) is 17.9. The lowest BCUT2D eigenvalue weighted by atomic mass is 10.1. The van der Waals surface area contributed by atoms with Gasteiger partial charge in [0.2, 0.25) is 0 Å². The second-order valence-electron chi connectivity index (χ2n) is 6.46. The van der Waals surface area contributed by atoms with Crippen molar-refractivity contribution in [3.63, 3.8) is 0 Å². The summed E-state index contributed by atoms with van der Waals surface area (Å²) in [5.41, 5.74) is 2.79. The standard InChI is InChI=1S/C20H22N2O4/c23-16-9-11-22(12-10-16)18-4-2-1-3-17(18)21-20(26)15-7-5-14(6-8-15)13-19(24)25/h1-8,16,23H,9-13H2,(H,21,26)(H,24,25). The van der Waals surface area contributed by atoms with E-state index in [1.54, 1.807) is 24.3 Å². The van der Waals surface area contributed by atoms with Crippen molar-refractivity contribution in [2.75, 3.05) is 23.3 Å². The van der Waals surface area contributed by atoms with Gasteiger partial charge < -0.3 is 20.4 Å². The lowest BCUT2D eigenvalue weighted by Gasteiger charge is -2.32. The Morgan fingerprint density at radius 2 is 1.69 bits per heavy atom. The van der Waals surface area contributed by atoms with Crippen LogP contribution in [0, 0.1) is 0 Å². The number of hydrogen-bond acceptors (Lipinski definition) is 4. The molecule has 1 aliphatic rings. The maximum absolute atomic E-state index is 12.5. The van der Waals surface area contributed by atoms with Crippen LogP contribution in [0.2, 0.25) is 0 Å². The highest BCUT2D eigenvalue weighted by atomic mass is 16.4. The number of carbonyl (C=O) groups is 2. The number of carbonyl (C=O) groups excluding carboxylic acids is 1. The first-order valence-electron chi connectivity index (χ1n) is 8.67. The molecule has 1 fully saturated rings. The van der Waals surface area contributed by atoms with Gasteiger partial charge in [-0.25, -0.2) is 0 Å². The van der Waals surface area contributed by atoms with Gasteiger partial charge in [-0.2, -0.15) is 0 Å². The first-order chi connectivity index (χ1) is 12.5. The fourth-order valence-corrected chi connectivity index (χ4v) is 3.10. The summed E-state index contributed by atoms with van der Waals surface area (Å²) in [4.78, 5) is 25.5. The molecular weight excluding hydrogens is 332 g/mol. The summed E-state index contributed by atoms with van der Waals surface area (Å²) in [5.74, 6) is -1.14. The van der Waals surface area contributed by atoms with E-state index in [0.29, 0.717) is 24.0 Å². The van der Waals surface area contributed by atoms with Crippen LogP contribution >= 0.6 is 0 Å². The third-order valence-corrected chi connectivity index (χ3v) is 4.53. The average Bonchev–Trinajstić information content (AvgIpc) is 2.63. The molecule has 0 saturated carbocycles. The van der Waals surface area contributed by atoms with E-state index < -0.39 is 5.97 Å². The topological polar surface area (TPSA) is 89.9 Å². The molecule has 0 spiro atoms. The number of nitrogens with one attached hydrogen (secondary N) is 1. The molecule has 0 aromatic heterocycles. The van der Waals surface area contributed by atoms with Crippen molar-refractivity contribution in [3.05, 3.63) is 59.7 Å². The van der Waals surface area contributed by atoms with Gasteiger partial charge in [-0.15, -0.1) is 0 Å². The highest BCUT2D eigenvalue weighted by molar-refractivity contribution is 6.06. The number of hydrogen-bond donors (Lipinski definition) is 3. The predicted molar refractivity (Wildman–Crippen MR) is 99.6 cm³/mol. The summed E-state index contributed by atoms with van der Waals surface area (Å²) in [6.45, 7) is 1.50. The van der Waals surface area contributed by atoms with Crippen LogP contribution < -0.4 is 10.2 Å². The average molecular weight is 354 g/mol. The maximum atomic E-state index is 12.5. The number of rotatable bonds is 5. The Balaban J connectivity index is 1.72. The van der Waals surface area contributed by atoms with Gasteiger partial charge in [0.05, 0.1) is 23.9 Å². The molecule has 6 heteroatoms. The number of benzene rings is 2. The van der Waals surface area contributed by atoms with Crippen molar-refractivity contribution in [1.29, 1.82) is 0 Å². The van der Waals surface area contributed by atoms with E-state index in [4.69, 9.17) is 5.11 Å². The molecule has 1 amide bonds. The monoisotopic (exact) mass is 354 g/mol. The Morgan fingerprint density at radius 1 is 1.04 bits per heavy atom. The quantitative estimate of drug-likeness (QED) is 0.768. The van der Waals surface area contributed by atoms with Gasteiger partial charge in [0, 0.05) is 18.7 Å². The molecule has 0 bridgehead atoms. The zero-order chi connectivity index (χ0) is 18.5. The normalized spacial score (nSPS) is 14.9. The molecule has 3 rings (SSSR count).